The molecule has 2 aromatic heterocycles. The van der Waals surface area contributed by atoms with E-state index < -0.39 is 43.3 Å². The molecule has 2 heterocycles. The van der Waals surface area contributed by atoms with Gasteiger partial charge >= 0.3 is 340 Å². The molecule has 7 nitrogen and oxygen atoms in total. The van der Waals surface area contributed by atoms with Crippen LogP contribution in [0.25, 0.3) is 11.2 Å². The van der Waals surface area contributed by atoms with Crippen molar-refractivity contribution in [1.29, 1.82) is 0 Å². The molecule has 0 aliphatic heterocycles. The minimum atomic E-state index is -3.04. The van der Waals surface area contributed by atoms with E-state index in [1.807, 2.05) is 6.33 Å². The number of nitrogens with zero attached hydrogens (tertiary/aromatic N) is 4. The molecule has 0 bridgehead atoms. The first kappa shape index (κ1) is 47.3. The molecule has 0 spiro atoms. The number of unbranched alkanes of at least 4 members (excludes halogenated alkanes) is 3. The predicted molar refractivity (Wildman–Crippen MR) is 239 cm³/mol. The number of fused-ring (bicyclic) bond motifs is 1. The normalized spacial score (nSPS) is 19.8. The van der Waals surface area contributed by atoms with Gasteiger partial charge in [-0.2, -0.15) is 0 Å². The summed E-state index contributed by atoms with van der Waals surface area (Å²) in [5.41, 5.74) is 2.70. The van der Waals surface area contributed by atoms with Crippen molar-refractivity contribution in [2.75, 3.05) is 6.61 Å². The Hall–Kier alpha value is -0.0906. The van der Waals surface area contributed by atoms with E-state index in [0.29, 0.717) is 17.3 Å². The number of hydrogen-bond donors (Lipinski definition) is 0. The quantitative estimate of drug-likeness (QED) is 0.0843. The third kappa shape index (κ3) is 10.9. The molecule has 0 N–H and O–H groups in total. The first-order chi connectivity index (χ1) is 24.2. The van der Waals surface area contributed by atoms with Gasteiger partial charge in [0.2, 0.25) is 0 Å². The van der Waals surface area contributed by atoms with Gasteiger partial charge in [0.1, 0.15) is 0 Å². The number of hydrogen-bond acceptors (Lipinski definition) is 6. The Labute approximate surface area is 337 Å². The van der Waals surface area contributed by atoms with Crippen LogP contribution in [0, 0.1) is 0 Å². The van der Waals surface area contributed by atoms with Crippen LogP contribution in [0.3, 0.4) is 0 Å². The van der Waals surface area contributed by atoms with Crippen molar-refractivity contribution < 1.29 is 13.3 Å². The van der Waals surface area contributed by atoms with Crippen molar-refractivity contribution in [1.82, 2.24) is 19.5 Å². The summed E-state index contributed by atoms with van der Waals surface area (Å²) < 4.78 is 29.2. The molecule has 2 aromatic rings. The number of aromatic nitrogens is 4. The van der Waals surface area contributed by atoms with Crippen LogP contribution >= 0.6 is 11.6 Å². The van der Waals surface area contributed by atoms with Crippen molar-refractivity contribution in [3.05, 3.63) is 23.1 Å². The van der Waals surface area contributed by atoms with Crippen molar-refractivity contribution in [2.24, 2.45) is 0 Å². The van der Waals surface area contributed by atoms with Gasteiger partial charge in [-0.15, -0.1) is 0 Å². The summed E-state index contributed by atoms with van der Waals surface area (Å²) in [5, 5.41) is 0.630. The van der Waals surface area contributed by atoms with Gasteiger partial charge in [0.25, 0.3) is 0 Å². The molecule has 0 radical (unpaired) electrons. The maximum atomic E-state index is 7.56. The number of imidazole rings is 1. The van der Waals surface area contributed by atoms with Gasteiger partial charge in [0.05, 0.1) is 0 Å². The molecule has 304 valence electrons. The average molecular weight is 915 g/mol. The van der Waals surface area contributed by atoms with Gasteiger partial charge < -0.3 is 0 Å². The molecule has 0 amide bonds. The summed E-state index contributed by atoms with van der Waals surface area (Å²) in [6, 6.07) is -0.174. The summed E-state index contributed by atoms with van der Waals surface area (Å²) in [6.07, 6.45) is 11.1. The molecule has 0 aromatic carbocycles. The van der Waals surface area contributed by atoms with Crippen molar-refractivity contribution in [2.45, 2.75) is 208 Å². The van der Waals surface area contributed by atoms with Crippen LogP contribution in [0.5, 0.6) is 0 Å². The first-order valence-corrected chi connectivity index (χ1v) is 37.4. The van der Waals surface area contributed by atoms with E-state index in [9.17, 15) is 0 Å². The summed E-state index contributed by atoms with van der Waals surface area (Å²) in [5.74, 6) is 0. The standard InChI is InChI=1S/C29H52ClN4O3Si3.3C4H9.Sn/c1-27(2,3)38(10,11)35-17-20-16-21(34-19-33-22-25(30)31-18-32-26(22)34)24(37-40(14,15)29(7,8)9)23(20)36-39(12,13)28(4,5)6;3*1-3-4-2;/h16,19,21,23-24H,17H2,1-15H3;3*1,3-4H2,2H3;/t21-,23-,24+;;;;/m1..../s1. The van der Waals surface area contributed by atoms with Gasteiger partial charge in [-0.25, -0.2) is 0 Å². The summed E-state index contributed by atoms with van der Waals surface area (Å²) in [4.78, 5) is 15.7. The minimum absolute atomic E-state index is 0.0149. The Balaban J connectivity index is 2.35. The molecule has 53 heavy (non-hydrogen) atoms. The fourth-order valence-electron chi connectivity index (χ4n) is 6.53. The summed E-state index contributed by atoms with van der Waals surface area (Å²) >= 11 is 4.12. The fourth-order valence-corrected chi connectivity index (χ4v) is 25.3. The van der Waals surface area contributed by atoms with E-state index in [-0.39, 0.29) is 33.4 Å². The molecular formula is C41H79ClN4O3Si3Sn. The molecule has 0 unspecified atom stereocenters. The molecule has 0 saturated heterocycles. The van der Waals surface area contributed by atoms with E-state index in [4.69, 9.17) is 39.8 Å². The van der Waals surface area contributed by atoms with Crippen LogP contribution in [0.4, 0.5) is 0 Å². The summed E-state index contributed by atoms with van der Waals surface area (Å²) in [6.45, 7) is 42.4. The van der Waals surface area contributed by atoms with Crippen molar-refractivity contribution in [3.63, 3.8) is 0 Å². The van der Waals surface area contributed by atoms with Crippen LogP contribution in [-0.4, -0.2) is 81.7 Å². The molecule has 1 aliphatic rings. The van der Waals surface area contributed by atoms with E-state index in [1.54, 1.807) is 0 Å². The third-order valence-corrected chi connectivity index (χ3v) is 41.7. The molecule has 3 rings (SSSR count). The molecular weight excluding hydrogens is 835 g/mol. The molecule has 0 fully saturated rings. The van der Waals surface area contributed by atoms with E-state index >= 15 is 0 Å². The van der Waals surface area contributed by atoms with Crippen LogP contribution < -0.4 is 3.84 Å². The van der Waals surface area contributed by atoms with E-state index in [1.165, 1.54) is 57.4 Å². The Morgan fingerprint density at radius 3 is 1.64 bits per heavy atom. The predicted octanol–water partition coefficient (Wildman–Crippen LogP) is 12.8. The molecule has 0 saturated carbocycles. The second-order valence-corrected chi connectivity index (χ2v) is 48.2. The monoisotopic (exact) mass is 914 g/mol. The van der Waals surface area contributed by atoms with Crippen LogP contribution in [0.15, 0.2) is 18.0 Å². The Kier molecular flexibility index (Phi) is 15.9. The maximum absolute atomic E-state index is 7.56. The second kappa shape index (κ2) is 17.8. The molecule has 1 aliphatic carbocycles. The van der Waals surface area contributed by atoms with E-state index in [2.05, 4.69) is 133 Å². The van der Waals surface area contributed by atoms with Gasteiger partial charge in [-0.05, 0) is 0 Å². The van der Waals surface area contributed by atoms with Crippen molar-refractivity contribution >= 4 is 69.9 Å². The van der Waals surface area contributed by atoms with Gasteiger partial charge in [-0.3, -0.25) is 0 Å². The van der Waals surface area contributed by atoms with Crippen LogP contribution in [-0.2, 0) is 13.3 Å². The van der Waals surface area contributed by atoms with Gasteiger partial charge in [0.15, 0.2) is 0 Å². The fraction of sp³-hybridized carbons (Fsp3) is 0.829. The number of rotatable bonds is 18. The Morgan fingerprint density at radius 2 is 1.19 bits per heavy atom. The zero-order valence-corrected chi connectivity index (χ0v) is 44.0. The third-order valence-electron chi connectivity index (χ3n) is 13.5. The Morgan fingerprint density at radius 1 is 0.717 bits per heavy atom. The van der Waals surface area contributed by atoms with Crippen LogP contribution in [0.1, 0.15) is 128 Å². The first-order valence-electron chi connectivity index (χ1n) is 20.8. The van der Waals surface area contributed by atoms with Gasteiger partial charge in [0, 0.05) is 0 Å². The second-order valence-electron chi connectivity index (χ2n) is 20.7. The average Bonchev–Trinajstić information content (AvgIpc) is 3.59. The molecule has 12 heteroatoms. The SMILES string of the molecule is CCC[CH2][Sn]([CH2]CCC)([CH2]CCC)[c]1nc(Cl)c2ncn([C@@H]3C=C(CO[Si](C)(C)C(C)(C)C)[C@@H](O[Si](C)(C)C(C)(C)C)[C@H]3O[Si](C)(C)C(C)(C)C)c2n1. The van der Waals surface area contributed by atoms with E-state index in [0.717, 1.165) is 9.49 Å². The zero-order chi connectivity index (χ0) is 40.4. The Bertz CT molecular complexity index is 1520. The zero-order valence-electron chi connectivity index (χ0n) is 37.3. The van der Waals surface area contributed by atoms with Crippen molar-refractivity contribution in [3.8, 4) is 0 Å². The number of halogens is 1. The topological polar surface area (TPSA) is 71.3 Å². The molecule has 3 atom stereocenters. The van der Waals surface area contributed by atoms with Crippen LogP contribution in [0.2, 0.25) is 72.9 Å². The van der Waals surface area contributed by atoms with Gasteiger partial charge in [-0.1, -0.05) is 0 Å². The summed E-state index contributed by atoms with van der Waals surface area (Å²) in [7, 11) is -6.60.